The highest BCUT2D eigenvalue weighted by atomic mass is 19.1. The number of anilines is 1. The standard InChI is InChI=1S/C23H23FN4O3/c1-15(2)27-23(30)28-18-6-3-5-17(12-18)22(29)26-13-16-8-9-21(20(24)11-16)31-19-7-4-10-25-14-19/h3-12,14-15H,13H2,1-2H3,(H,26,29)(H2,27,28,30). The second-order valence-corrected chi connectivity index (χ2v) is 7.07. The first-order valence-electron chi connectivity index (χ1n) is 9.73. The van der Waals surface area contributed by atoms with Crippen LogP contribution in [0.1, 0.15) is 29.8 Å². The van der Waals surface area contributed by atoms with Gasteiger partial charge >= 0.3 is 6.03 Å². The van der Waals surface area contributed by atoms with Gasteiger partial charge < -0.3 is 20.7 Å². The minimum absolute atomic E-state index is 0.00646. The van der Waals surface area contributed by atoms with E-state index in [4.69, 9.17) is 4.74 Å². The number of carbonyl (C=O) groups is 2. The Morgan fingerprint density at radius 2 is 1.94 bits per heavy atom. The first kappa shape index (κ1) is 21.8. The number of ether oxygens (including phenoxy) is 1. The molecule has 8 heteroatoms. The van der Waals surface area contributed by atoms with E-state index >= 15 is 0 Å². The van der Waals surface area contributed by atoms with Crippen LogP contribution in [0, 0.1) is 5.82 Å². The molecule has 1 heterocycles. The van der Waals surface area contributed by atoms with E-state index in [9.17, 15) is 14.0 Å². The van der Waals surface area contributed by atoms with Gasteiger partial charge in [0, 0.05) is 30.0 Å². The summed E-state index contributed by atoms with van der Waals surface area (Å²) >= 11 is 0. The molecule has 1 aromatic heterocycles. The molecular formula is C23H23FN4O3. The second kappa shape index (κ2) is 10.2. The number of amides is 3. The van der Waals surface area contributed by atoms with Crippen LogP contribution >= 0.6 is 0 Å². The molecule has 0 aliphatic carbocycles. The summed E-state index contributed by atoms with van der Waals surface area (Å²) in [5, 5.41) is 8.13. The molecular weight excluding hydrogens is 399 g/mol. The maximum absolute atomic E-state index is 14.3. The molecule has 3 aromatic rings. The van der Waals surface area contributed by atoms with Crippen LogP contribution < -0.4 is 20.7 Å². The number of nitrogens with one attached hydrogen (secondary N) is 3. The van der Waals surface area contributed by atoms with Crippen LogP contribution in [0.5, 0.6) is 11.5 Å². The molecule has 160 valence electrons. The highest BCUT2D eigenvalue weighted by Crippen LogP contribution is 2.24. The minimum atomic E-state index is -0.544. The van der Waals surface area contributed by atoms with Crippen molar-refractivity contribution in [3.05, 3.63) is 83.9 Å². The molecule has 0 aliphatic heterocycles. The molecule has 0 unspecified atom stereocenters. The molecule has 0 fully saturated rings. The molecule has 7 nitrogen and oxygen atoms in total. The third kappa shape index (κ3) is 6.53. The van der Waals surface area contributed by atoms with Crippen molar-refractivity contribution in [2.75, 3.05) is 5.32 Å². The fourth-order valence-electron chi connectivity index (χ4n) is 2.72. The molecule has 0 radical (unpaired) electrons. The fourth-order valence-corrected chi connectivity index (χ4v) is 2.72. The second-order valence-electron chi connectivity index (χ2n) is 7.07. The summed E-state index contributed by atoms with van der Waals surface area (Å²) in [6.45, 7) is 3.84. The lowest BCUT2D eigenvalue weighted by Gasteiger charge is -2.11. The van der Waals surface area contributed by atoms with Crippen LogP contribution in [0.25, 0.3) is 0 Å². The van der Waals surface area contributed by atoms with Crippen LogP contribution in [0.4, 0.5) is 14.9 Å². The van der Waals surface area contributed by atoms with Gasteiger partial charge in [-0.05, 0) is 61.9 Å². The number of benzene rings is 2. The summed E-state index contributed by atoms with van der Waals surface area (Å²) in [5.41, 5.74) is 1.45. The van der Waals surface area contributed by atoms with E-state index < -0.39 is 5.82 Å². The molecule has 3 N–H and O–H groups in total. The van der Waals surface area contributed by atoms with Crippen molar-refractivity contribution < 1.29 is 18.7 Å². The maximum Gasteiger partial charge on any atom is 0.319 e. The molecule has 2 aromatic carbocycles. The van der Waals surface area contributed by atoms with Crippen molar-refractivity contribution in [2.45, 2.75) is 26.4 Å². The molecule has 31 heavy (non-hydrogen) atoms. The number of carbonyl (C=O) groups excluding carboxylic acids is 2. The summed E-state index contributed by atoms with van der Waals surface area (Å²) < 4.78 is 19.8. The Morgan fingerprint density at radius 1 is 1.10 bits per heavy atom. The van der Waals surface area contributed by atoms with Gasteiger partial charge in [-0.1, -0.05) is 12.1 Å². The molecule has 3 amide bonds. The SMILES string of the molecule is CC(C)NC(=O)Nc1cccc(C(=O)NCc2ccc(Oc3cccnc3)c(F)c2)c1. The zero-order chi connectivity index (χ0) is 22.2. The lowest BCUT2D eigenvalue weighted by atomic mass is 10.1. The number of pyridine rings is 1. The largest absolute Gasteiger partial charge is 0.453 e. The van der Waals surface area contributed by atoms with Crippen molar-refractivity contribution in [1.82, 2.24) is 15.6 Å². The Bertz CT molecular complexity index is 1060. The molecule has 0 aliphatic rings. The van der Waals surface area contributed by atoms with Crippen LogP contribution in [0.2, 0.25) is 0 Å². The van der Waals surface area contributed by atoms with Gasteiger partial charge in [-0.3, -0.25) is 9.78 Å². The van der Waals surface area contributed by atoms with Crippen LogP contribution in [-0.2, 0) is 6.54 Å². The molecule has 0 bridgehead atoms. The first-order valence-corrected chi connectivity index (χ1v) is 9.73. The number of halogens is 1. The maximum atomic E-state index is 14.3. The van der Waals surface area contributed by atoms with Crippen LogP contribution in [0.3, 0.4) is 0 Å². The highest BCUT2D eigenvalue weighted by Gasteiger charge is 2.10. The third-order valence-electron chi connectivity index (χ3n) is 4.11. The van der Waals surface area contributed by atoms with Gasteiger partial charge in [0.25, 0.3) is 5.91 Å². The van der Waals surface area contributed by atoms with E-state index in [0.29, 0.717) is 22.6 Å². The van der Waals surface area contributed by atoms with Crippen molar-refractivity contribution in [3.8, 4) is 11.5 Å². The summed E-state index contributed by atoms with van der Waals surface area (Å²) in [5.74, 6) is -0.387. The first-order chi connectivity index (χ1) is 14.9. The molecule has 0 saturated carbocycles. The Kier molecular flexibility index (Phi) is 7.16. The summed E-state index contributed by atoms with van der Waals surface area (Å²) in [6, 6.07) is 14.0. The van der Waals surface area contributed by atoms with E-state index in [1.165, 1.54) is 18.3 Å². The predicted octanol–water partition coefficient (Wildman–Crippen LogP) is 4.47. The summed E-state index contributed by atoms with van der Waals surface area (Å²) in [4.78, 5) is 28.2. The van der Waals surface area contributed by atoms with Gasteiger partial charge in [0.2, 0.25) is 0 Å². The quantitative estimate of drug-likeness (QED) is 0.524. The van der Waals surface area contributed by atoms with Crippen LogP contribution in [-0.4, -0.2) is 23.0 Å². The Morgan fingerprint density at radius 3 is 2.65 bits per heavy atom. The Labute approximate surface area is 179 Å². The minimum Gasteiger partial charge on any atom is -0.453 e. The van der Waals surface area contributed by atoms with Gasteiger partial charge in [0.1, 0.15) is 5.75 Å². The van der Waals surface area contributed by atoms with Crippen molar-refractivity contribution >= 4 is 17.6 Å². The van der Waals surface area contributed by atoms with Gasteiger partial charge in [0.05, 0.1) is 6.20 Å². The predicted molar refractivity (Wildman–Crippen MR) is 116 cm³/mol. The topological polar surface area (TPSA) is 92.4 Å². The summed E-state index contributed by atoms with van der Waals surface area (Å²) in [6.07, 6.45) is 3.09. The number of nitrogens with zero attached hydrogens (tertiary/aromatic N) is 1. The zero-order valence-electron chi connectivity index (χ0n) is 17.2. The molecule has 0 saturated heterocycles. The lowest BCUT2D eigenvalue weighted by Crippen LogP contribution is -2.34. The monoisotopic (exact) mass is 422 g/mol. The van der Waals surface area contributed by atoms with E-state index in [1.807, 2.05) is 13.8 Å². The number of hydrogen-bond donors (Lipinski definition) is 3. The third-order valence-corrected chi connectivity index (χ3v) is 4.11. The van der Waals surface area contributed by atoms with Crippen LogP contribution in [0.15, 0.2) is 67.0 Å². The van der Waals surface area contributed by atoms with Gasteiger partial charge in [-0.25, -0.2) is 9.18 Å². The highest BCUT2D eigenvalue weighted by molar-refractivity contribution is 5.96. The number of hydrogen-bond acceptors (Lipinski definition) is 4. The van der Waals surface area contributed by atoms with E-state index in [2.05, 4.69) is 20.9 Å². The van der Waals surface area contributed by atoms with E-state index in [1.54, 1.807) is 48.7 Å². The summed E-state index contributed by atoms with van der Waals surface area (Å²) in [7, 11) is 0. The number of urea groups is 1. The average Bonchev–Trinajstić information content (AvgIpc) is 2.74. The zero-order valence-corrected chi connectivity index (χ0v) is 17.2. The Hall–Kier alpha value is -3.94. The molecule has 3 rings (SSSR count). The van der Waals surface area contributed by atoms with Crippen molar-refractivity contribution in [3.63, 3.8) is 0 Å². The number of aromatic nitrogens is 1. The van der Waals surface area contributed by atoms with E-state index in [-0.39, 0.29) is 30.3 Å². The number of rotatable bonds is 7. The normalized spacial score (nSPS) is 10.5. The average molecular weight is 422 g/mol. The van der Waals surface area contributed by atoms with E-state index in [0.717, 1.165) is 0 Å². The smallest absolute Gasteiger partial charge is 0.319 e. The van der Waals surface area contributed by atoms with Gasteiger partial charge in [0.15, 0.2) is 11.6 Å². The van der Waals surface area contributed by atoms with Gasteiger partial charge in [-0.15, -0.1) is 0 Å². The molecule has 0 spiro atoms. The Balaban J connectivity index is 1.58. The van der Waals surface area contributed by atoms with Gasteiger partial charge in [-0.2, -0.15) is 0 Å². The van der Waals surface area contributed by atoms with Crippen molar-refractivity contribution in [2.24, 2.45) is 0 Å². The lowest BCUT2D eigenvalue weighted by molar-refractivity contribution is 0.0951. The molecule has 0 atom stereocenters. The van der Waals surface area contributed by atoms with Crippen molar-refractivity contribution in [1.29, 1.82) is 0 Å². The fraction of sp³-hybridized carbons (Fsp3) is 0.174.